The zero-order chi connectivity index (χ0) is 19.9. The van der Waals surface area contributed by atoms with Crippen molar-refractivity contribution in [2.24, 2.45) is 0 Å². The van der Waals surface area contributed by atoms with Gasteiger partial charge in [-0.25, -0.2) is 0 Å². The van der Waals surface area contributed by atoms with E-state index in [1.807, 2.05) is 0 Å². The van der Waals surface area contributed by atoms with E-state index >= 15 is 0 Å². The second kappa shape index (κ2) is 6.90. The van der Waals surface area contributed by atoms with E-state index in [2.05, 4.69) is 109 Å². The molecule has 0 N–H and O–H groups in total. The van der Waals surface area contributed by atoms with E-state index in [1.54, 1.807) is 0 Å². The Hall–Kier alpha value is -1.38. The van der Waals surface area contributed by atoms with Crippen LogP contribution in [0.5, 0.6) is 0 Å². The minimum atomic E-state index is -2.17. The molecule has 1 unspecified atom stereocenters. The van der Waals surface area contributed by atoms with Crippen molar-refractivity contribution < 1.29 is 4.43 Å². The highest BCUT2D eigenvalue weighted by atomic mass is 28.4. The molecule has 146 valence electrons. The molecule has 2 aromatic rings. The highest BCUT2D eigenvalue weighted by Gasteiger charge is 2.66. The highest BCUT2D eigenvalue weighted by Crippen LogP contribution is 2.66. The zero-order valence-electron chi connectivity index (χ0n) is 18.2. The molecule has 0 aliphatic carbocycles. The molecule has 1 fully saturated rings. The third-order valence-corrected chi connectivity index (χ3v) is 13.3. The molecular formula is C25H36OSi. The van der Waals surface area contributed by atoms with Crippen molar-refractivity contribution in [1.29, 1.82) is 0 Å². The number of hydrogen-bond acceptors (Lipinski definition) is 1. The van der Waals surface area contributed by atoms with Crippen LogP contribution in [-0.4, -0.2) is 8.32 Å². The standard InChI is InChI=1S/C25H36OSi/c1-23(2,3)27(24(4,5)6)22(18-20-14-10-8-11-15-20)19-25(7,26-27)21-16-12-9-13-17-21/h8-17,22H,18-19H2,1-7H3/t22-,25?/m1/s1. The third-order valence-electron chi connectivity index (χ3n) is 6.53. The Morgan fingerprint density at radius 1 is 0.852 bits per heavy atom. The number of rotatable bonds is 3. The molecule has 2 heteroatoms. The van der Waals surface area contributed by atoms with Crippen molar-refractivity contribution in [3.63, 3.8) is 0 Å². The van der Waals surface area contributed by atoms with E-state index in [4.69, 9.17) is 4.43 Å². The molecule has 0 radical (unpaired) electrons. The second-order valence-electron chi connectivity index (χ2n) is 10.5. The van der Waals surface area contributed by atoms with E-state index in [9.17, 15) is 0 Å². The summed E-state index contributed by atoms with van der Waals surface area (Å²) < 4.78 is 7.38. The Morgan fingerprint density at radius 3 is 1.81 bits per heavy atom. The SMILES string of the molecule is CC1(c2ccccc2)C[C@@H](Cc2ccccc2)[Si](C(C)(C)C)(C(C)(C)C)O1. The van der Waals surface area contributed by atoms with Crippen LogP contribution in [0.2, 0.25) is 15.6 Å². The third kappa shape index (κ3) is 3.54. The fourth-order valence-corrected chi connectivity index (χ4v) is 13.4. The first-order valence-electron chi connectivity index (χ1n) is 10.3. The van der Waals surface area contributed by atoms with Crippen LogP contribution in [0.15, 0.2) is 60.7 Å². The predicted molar refractivity (Wildman–Crippen MR) is 119 cm³/mol. The Balaban J connectivity index is 2.12. The number of benzene rings is 2. The average Bonchev–Trinajstić information content (AvgIpc) is 2.91. The largest absolute Gasteiger partial charge is 0.406 e. The van der Waals surface area contributed by atoms with Crippen LogP contribution >= 0.6 is 0 Å². The first-order valence-corrected chi connectivity index (χ1v) is 12.3. The maximum Gasteiger partial charge on any atom is 0.208 e. The molecule has 1 heterocycles. The van der Waals surface area contributed by atoms with Gasteiger partial charge in [0.15, 0.2) is 0 Å². The molecular weight excluding hydrogens is 344 g/mol. The topological polar surface area (TPSA) is 9.23 Å². The molecule has 2 aromatic carbocycles. The van der Waals surface area contributed by atoms with Crippen molar-refractivity contribution in [2.45, 2.75) is 82.5 Å². The summed E-state index contributed by atoms with van der Waals surface area (Å²) in [5, 5.41) is 0.328. The molecule has 1 aliphatic rings. The minimum absolute atomic E-state index is 0.164. The Morgan fingerprint density at radius 2 is 1.33 bits per heavy atom. The molecule has 0 bridgehead atoms. The first-order chi connectivity index (χ1) is 12.5. The molecule has 1 saturated heterocycles. The Bertz CT molecular complexity index is 740. The van der Waals surface area contributed by atoms with Gasteiger partial charge in [-0.05, 0) is 46.5 Å². The molecule has 2 atom stereocenters. The van der Waals surface area contributed by atoms with Gasteiger partial charge >= 0.3 is 0 Å². The fourth-order valence-electron chi connectivity index (χ4n) is 5.83. The van der Waals surface area contributed by atoms with Crippen molar-refractivity contribution in [2.75, 3.05) is 0 Å². The zero-order valence-corrected chi connectivity index (χ0v) is 19.2. The lowest BCUT2D eigenvalue weighted by Gasteiger charge is -2.52. The summed E-state index contributed by atoms with van der Waals surface area (Å²) in [5.41, 5.74) is 3.15. The Kier molecular flexibility index (Phi) is 5.20. The van der Waals surface area contributed by atoms with E-state index in [-0.39, 0.29) is 15.7 Å². The van der Waals surface area contributed by atoms with E-state index in [1.165, 1.54) is 11.1 Å². The van der Waals surface area contributed by atoms with Gasteiger partial charge in [-0.1, -0.05) is 102 Å². The number of hydrogen-bond donors (Lipinski definition) is 0. The lowest BCUT2D eigenvalue weighted by atomic mass is 9.89. The summed E-state index contributed by atoms with van der Waals surface area (Å²) in [6.07, 6.45) is 2.22. The molecule has 27 heavy (non-hydrogen) atoms. The van der Waals surface area contributed by atoms with Gasteiger partial charge in [0.2, 0.25) is 8.32 Å². The molecule has 1 nitrogen and oxygen atoms in total. The van der Waals surface area contributed by atoms with Gasteiger partial charge in [-0.2, -0.15) is 0 Å². The summed E-state index contributed by atoms with van der Waals surface area (Å²) >= 11 is 0. The summed E-state index contributed by atoms with van der Waals surface area (Å²) in [6, 6.07) is 21.9. The highest BCUT2D eigenvalue weighted by molar-refractivity contribution is 6.81. The molecule has 0 spiro atoms. The monoisotopic (exact) mass is 380 g/mol. The normalized spacial score (nSPS) is 25.5. The van der Waals surface area contributed by atoms with Crippen molar-refractivity contribution in [1.82, 2.24) is 0 Å². The maximum absolute atomic E-state index is 7.38. The smallest absolute Gasteiger partial charge is 0.208 e. The van der Waals surface area contributed by atoms with Crippen LogP contribution in [0.1, 0.15) is 66.0 Å². The Labute approximate surface area is 167 Å². The summed E-state index contributed by atoms with van der Waals surface area (Å²) in [5.74, 6) is 0. The lowest BCUT2D eigenvalue weighted by Crippen LogP contribution is -2.56. The van der Waals surface area contributed by atoms with Gasteiger partial charge in [0.1, 0.15) is 0 Å². The first kappa shape index (κ1) is 20.4. The van der Waals surface area contributed by atoms with Crippen LogP contribution < -0.4 is 0 Å². The van der Waals surface area contributed by atoms with Crippen LogP contribution in [0, 0.1) is 0 Å². The van der Waals surface area contributed by atoms with Gasteiger partial charge in [-0.3, -0.25) is 0 Å². The molecule has 1 aliphatic heterocycles. The van der Waals surface area contributed by atoms with Crippen LogP contribution in [0.25, 0.3) is 0 Å². The maximum atomic E-state index is 7.38. The van der Waals surface area contributed by atoms with Gasteiger partial charge in [0.25, 0.3) is 0 Å². The second-order valence-corrected chi connectivity index (χ2v) is 16.0. The van der Waals surface area contributed by atoms with Crippen LogP contribution in [-0.2, 0) is 16.4 Å². The minimum Gasteiger partial charge on any atom is -0.406 e. The van der Waals surface area contributed by atoms with E-state index in [0.29, 0.717) is 5.54 Å². The average molecular weight is 381 g/mol. The van der Waals surface area contributed by atoms with Gasteiger partial charge in [0.05, 0.1) is 5.60 Å². The van der Waals surface area contributed by atoms with Gasteiger partial charge in [-0.15, -0.1) is 0 Å². The van der Waals surface area contributed by atoms with Crippen molar-refractivity contribution in [3.8, 4) is 0 Å². The van der Waals surface area contributed by atoms with E-state index in [0.717, 1.165) is 12.8 Å². The summed E-state index contributed by atoms with van der Waals surface area (Å²) in [4.78, 5) is 0. The summed E-state index contributed by atoms with van der Waals surface area (Å²) in [7, 11) is -2.17. The fraction of sp³-hybridized carbons (Fsp3) is 0.520. The van der Waals surface area contributed by atoms with Crippen molar-refractivity contribution in [3.05, 3.63) is 71.8 Å². The molecule has 0 saturated carbocycles. The quantitative estimate of drug-likeness (QED) is 0.501. The molecule has 0 amide bonds. The lowest BCUT2D eigenvalue weighted by molar-refractivity contribution is 0.0889. The van der Waals surface area contributed by atoms with Gasteiger partial charge < -0.3 is 4.43 Å². The van der Waals surface area contributed by atoms with Crippen LogP contribution in [0.3, 0.4) is 0 Å². The van der Waals surface area contributed by atoms with Gasteiger partial charge in [0, 0.05) is 0 Å². The molecule has 0 aromatic heterocycles. The molecule has 3 rings (SSSR count). The van der Waals surface area contributed by atoms with E-state index < -0.39 is 8.32 Å². The summed E-state index contributed by atoms with van der Waals surface area (Å²) in [6.45, 7) is 16.8. The van der Waals surface area contributed by atoms with Crippen LogP contribution in [0.4, 0.5) is 0 Å². The van der Waals surface area contributed by atoms with Crippen molar-refractivity contribution >= 4 is 8.32 Å². The predicted octanol–water partition coefficient (Wildman–Crippen LogP) is 7.48.